The number of hydrogen-bond donors (Lipinski definition) is 3. The summed E-state index contributed by atoms with van der Waals surface area (Å²) >= 11 is 0. The third-order valence-corrected chi connectivity index (χ3v) is 2.67. The number of rotatable bonds is 5. The average molecular weight is 228 g/mol. The van der Waals surface area contributed by atoms with Crippen molar-refractivity contribution < 1.29 is 9.59 Å². The van der Waals surface area contributed by atoms with Crippen LogP contribution in [-0.4, -0.2) is 56.0 Å². The maximum atomic E-state index is 11.3. The minimum absolute atomic E-state index is 0.0239. The second-order valence-electron chi connectivity index (χ2n) is 4.11. The molecule has 0 aliphatic carbocycles. The number of nitrogens with one attached hydrogen (secondary N) is 2. The number of nitrogens with zero attached hydrogens (tertiary/aromatic N) is 1. The summed E-state index contributed by atoms with van der Waals surface area (Å²) in [5, 5.41) is 5.76. The first-order valence-electron chi connectivity index (χ1n) is 5.56. The molecule has 0 aromatic rings. The van der Waals surface area contributed by atoms with Gasteiger partial charge in [0, 0.05) is 19.1 Å². The number of likely N-dealkylation sites (tertiary alicyclic amines) is 1. The highest BCUT2D eigenvalue weighted by Gasteiger charge is 2.20. The van der Waals surface area contributed by atoms with Gasteiger partial charge in [-0.15, -0.1) is 0 Å². The number of nitrogens with two attached hydrogens (primary N) is 1. The van der Waals surface area contributed by atoms with Gasteiger partial charge in [0.05, 0.1) is 13.1 Å². The van der Waals surface area contributed by atoms with Crippen molar-refractivity contribution in [2.75, 3.05) is 33.2 Å². The van der Waals surface area contributed by atoms with Gasteiger partial charge in [-0.05, 0) is 19.9 Å². The number of likely N-dealkylation sites (N-methyl/N-ethyl adjacent to an activating group) is 1. The fourth-order valence-electron chi connectivity index (χ4n) is 1.90. The Labute approximate surface area is 95.5 Å². The zero-order valence-corrected chi connectivity index (χ0v) is 9.66. The summed E-state index contributed by atoms with van der Waals surface area (Å²) in [5.74, 6) is -0.270. The second kappa shape index (κ2) is 6.44. The lowest BCUT2D eigenvalue weighted by molar-refractivity contribution is -0.122. The number of piperidine rings is 1. The van der Waals surface area contributed by atoms with E-state index in [0.29, 0.717) is 13.1 Å². The van der Waals surface area contributed by atoms with Crippen LogP contribution in [0, 0.1) is 0 Å². The lowest BCUT2D eigenvalue weighted by atomic mass is 10.1. The third kappa shape index (κ3) is 4.59. The summed E-state index contributed by atoms with van der Waals surface area (Å²) in [6.45, 7) is 2.29. The number of hydrogen-bond acceptors (Lipinski definition) is 4. The first-order valence-corrected chi connectivity index (χ1v) is 5.56. The third-order valence-electron chi connectivity index (χ3n) is 2.67. The molecule has 2 amide bonds. The van der Waals surface area contributed by atoms with E-state index in [1.54, 1.807) is 7.05 Å². The molecule has 16 heavy (non-hydrogen) atoms. The van der Waals surface area contributed by atoms with Crippen molar-refractivity contribution in [2.45, 2.75) is 18.9 Å². The normalized spacial score (nSPS) is 18.3. The Hall–Kier alpha value is -1.14. The van der Waals surface area contributed by atoms with Crippen molar-refractivity contribution >= 4 is 11.8 Å². The smallest absolute Gasteiger partial charge is 0.234 e. The molecule has 1 rings (SSSR count). The molecule has 0 atom stereocenters. The number of carbonyl (C=O) groups excluding carboxylic acids is 2. The van der Waals surface area contributed by atoms with Gasteiger partial charge in [-0.3, -0.25) is 14.5 Å². The van der Waals surface area contributed by atoms with E-state index in [4.69, 9.17) is 5.73 Å². The highest BCUT2D eigenvalue weighted by molar-refractivity contribution is 5.78. The van der Waals surface area contributed by atoms with Gasteiger partial charge in [0.2, 0.25) is 11.8 Å². The molecule has 1 aliphatic rings. The molecule has 0 unspecified atom stereocenters. The highest BCUT2D eigenvalue weighted by atomic mass is 16.2. The first-order chi connectivity index (χ1) is 7.61. The predicted octanol–water partition coefficient (Wildman–Crippen LogP) is -1.73. The molecular weight excluding hydrogens is 208 g/mol. The largest absolute Gasteiger partial charge is 0.369 e. The van der Waals surface area contributed by atoms with Crippen LogP contribution < -0.4 is 16.4 Å². The summed E-state index contributed by atoms with van der Waals surface area (Å²) in [4.78, 5) is 24.0. The van der Waals surface area contributed by atoms with Gasteiger partial charge in [-0.2, -0.15) is 0 Å². The highest BCUT2D eigenvalue weighted by Crippen LogP contribution is 2.09. The van der Waals surface area contributed by atoms with E-state index in [1.807, 2.05) is 4.90 Å². The SMILES string of the molecule is CNCC(=O)NC1CCN(CC(N)=O)CC1. The summed E-state index contributed by atoms with van der Waals surface area (Å²) < 4.78 is 0. The zero-order valence-electron chi connectivity index (χ0n) is 9.66. The number of primary amides is 1. The molecule has 0 spiro atoms. The first kappa shape index (κ1) is 12.9. The van der Waals surface area contributed by atoms with Crippen LogP contribution in [0.2, 0.25) is 0 Å². The Morgan fingerprint density at radius 3 is 2.50 bits per heavy atom. The molecule has 4 N–H and O–H groups in total. The molecule has 0 radical (unpaired) electrons. The molecule has 1 fully saturated rings. The quantitative estimate of drug-likeness (QED) is 0.522. The topological polar surface area (TPSA) is 87.5 Å². The molecule has 0 aromatic heterocycles. The molecule has 0 bridgehead atoms. The van der Waals surface area contributed by atoms with Crippen molar-refractivity contribution in [3.05, 3.63) is 0 Å². The Morgan fingerprint density at radius 1 is 1.38 bits per heavy atom. The second-order valence-corrected chi connectivity index (χ2v) is 4.11. The monoisotopic (exact) mass is 228 g/mol. The van der Waals surface area contributed by atoms with E-state index < -0.39 is 0 Å². The van der Waals surface area contributed by atoms with E-state index in [2.05, 4.69) is 10.6 Å². The Balaban J connectivity index is 2.21. The number of carbonyl (C=O) groups is 2. The van der Waals surface area contributed by atoms with Crippen LogP contribution in [0.4, 0.5) is 0 Å². The Kier molecular flexibility index (Phi) is 5.21. The minimum atomic E-state index is -0.294. The van der Waals surface area contributed by atoms with Crippen LogP contribution in [0.3, 0.4) is 0 Å². The fraction of sp³-hybridized carbons (Fsp3) is 0.800. The van der Waals surface area contributed by atoms with Crippen molar-refractivity contribution in [2.24, 2.45) is 5.73 Å². The van der Waals surface area contributed by atoms with Crippen LogP contribution in [-0.2, 0) is 9.59 Å². The fourth-order valence-corrected chi connectivity index (χ4v) is 1.90. The van der Waals surface area contributed by atoms with Crippen molar-refractivity contribution in [3.63, 3.8) is 0 Å². The molecule has 0 saturated carbocycles. The lowest BCUT2D eigenvalue weighted by Crippen LogP contribution is -2.48. The molecular formula is C10H20N4O2. The summed E-state index contributed by atoms with van der Waals surface area (Å²) in [5.41, 5.74) is 5.12. The summed E-state index contributed by atoms with van der Waals surface area (Å²) in [6.07, 6.45) is 1.76. The van der Waals surface area contributed by atoms with E-state index in [9.17, 15) is 9.59 Å². The molecule has 1 saturated heterocycles. The van der Waals surface area contributed by atoms with E-state index in [1.165, 1.54) is 0 Å². The zero-order chi connectivity index (χ0) is 12.0. The molecule has 0 aromatic carbocycles. The van der Waals surface area contributed by atoms with Crippen LogP contribution in [0.1, 0.15) is 12.8 Å². The maximum absolute atomic E-state index is 11.3. The Morgan fingerprint density at radius 2 is 2.00 bits per heavy atom. The van der Waals surface area contributed by atoms with E-state index in [0.717, 1.165) is 25.9 Å². The van der Waals surface area contributed by atoms with Gasteiger partial charge in [0.15, 0.2) is 0 Å². The van der Waals surface area contributed by atoms with E-state index in [-0.39, 0.29) is 17.9 Å². The molecule has 6 nitrogen and oxygen atoms in total. The van der Waals surface area contributed by atoms with Crippen molar-refractivity contribution in [1.29, 1.82) is 0 Å². The molecule has 1 aliphatic heterocycles. The standard InChI is InChI=1S/C10H20N4O2/c1-12-6-10(16)13-8-2-4-14(5-3-8)7-9(11)15/h8,12H,2-7H2,1H3,(H2,11,15)(H,13,16). The van der Waals surface area contributed by atoms with Crippen LogP contribution in [0.5, 0.6) is 0 Å². The minimum Gasteiger partial charge on any atom is -0.369 e. The number of amides is 2. The van der Waals surface area contributed by atoms with Gasteiger partial charge < -0.3 is 16.4 Å². The summed E-state index contributed by atoms with van der Waals surface area (Å²) in [7, 11) is 1.75. The van der Waals surface area contributed by atoms with Gasteiger partial charge in [-0.25, -0.2) is 0 Å². The van der Waals surface area contributed by atoms with Crippen LogP contribution in [0.15, 0.2) is 0 Å². The molecule has 1 heterocycles. The van der Waals surface area contributed by atoms with Gasteiger partial charge in [0.25, 0.3) is 0 Å². The van der Waals surface area contributed by atoms with Crippen LogP contribution >= 0.6 is 0 Å². The van der Waals surface area contributed by atoms with Gasteiger partial charge in [-0.1, -0.05) is 0 Å². The average Bonchev–Trinajstić information content (AvgIpc) is 2.20. The van der Waals surface area contributed by atoms with Crippen LogP contribution in [0.25, 0.3) is 0 Å². The van der Waals surface area contributed by atoms with Crippen molar-refractivity contribution in [3.8, 4) is 0 Å². The summed E-state index contributed by atoms with van der Waals surface area (Å²) in [6, 6.07) is 0.227. The molecule has 6 heteroatoms. The Bertz CT molecular complexity index is 249. The lowest BCUT2D eigenvalue weighted by Gasteiger charge is -2.31. The predicted molar refractivity (Wildman–Crippen MR) is 60.7 cm³/mol. The maximum Gasteiger partial charge on any atom is 0.234 e. The van der Waals surface area contributed by atoms with Crippen molar-refractivity contribution in [1.82, 2.24) is 15.5 Å². The van der Waals surface area contributed by atoms with Gasteiger partial charge >= 0.3 is 0 Å². The van der Waals surface area contributed by atoms with Gasteiger partial charge in [0.1, 0.15) is 0 Å². The molecule has 92 valence electrons. The van der Waals surface area contributed by atoms with E-state index >= 15 is 0 Å².